The van der Waals surface area contributed by atoms with Crippen molar-refractivity contribution in [3.63, 3.8) is 0 Å². The van der Waals surface area contributed by atoms with Gasteiger partial charge in [-0.1, -0.05) is 6.07 Å². The monoisotopic (exact) mass is 455 g/mol. The number of halogens is 3. The molecule has 9 nitrogen and oxygen atoms in total. The van der Waals surface area contributed by atoms with Gasteiger partial charge in [0.15, 0.2) is 11.5 Å². The SMILES string of the molecule is Cc1ccc(S(=O)(=O)NC2(C)CN(C)C2)cc1-c1cnc2c(N)nc(C(F)(F)F)nn12. The summed E-state index contributed by atoms with van der Waals surface area (Å²) in [6, 6.07) is 4.41. The molecule has 0 spiro atoms. The minimum absolute atomic E-state index is 0.0168. The molecule has 1 aliphatic heterocycles. The molecule has 3 heterocycles. The van der Waals surface area contributed by atoms with Gasteiger partial charge in [0, 0.05) is 18.7 Å². The number of imidazole rings is 1. The number of nitrogens with one attached hydrogen (secondary N) is 1. The van der Waals surface area contributed by atoms with Crippen molar-refractivity contribution < 1.29 is 21.6 Å². The van der Waals surface area contributed by atoms with Gasteiger partial charge in [0.05, 0.1) is 22.3 Å². The van der Waals surface area contributed by atoms with E-state index < -0.39 is 33.4 Å². The van der Waals surface area contributed by atoms with Gasteiger partial charge in [-0.3, -0.25) is 0 Å². The smallest absolute Gasteiger partial charge is 0.380 e. The summed E-state index contributed by atoms with van der Waals surface area (Å²) in [5.41, 5.74) is 6.14. The first-order valence-electron chi connectivity index (χ1n) is 9.21. The Labute approximate surface area is 176 Å². The number of rotatable bonds is 4. The number of alkyl halides is 3. The molecule has 0 bridgehead atoms. The number of anilines is 1. The number of sulfonamides is 1. The Hall–Kier alpha value is -2.77. The van der Waals surface area contributed by atoms with Crippen LogP contribution in [-0.4, -0.2) is 58.6 Å². The second kappa shape index (κ2) is 6.87. The number of benzene rings is 1. The van der Waals surface area contributed by atoms with Crippen LogP contribution in [0.4, 0.5) is 19.0 Å². The van der Waals surface area contributed by atoms with Crippen LogP contribution >= 0.6 is 0 Å². The lowest BCUT2D eigenvalue weighted by molar-refractivity contribution is -0.145. The van der Waals surface area contributed by atoms with Crippen LogP contribution in [-0.2, 0) is 16.2 Å². The summed E-state index contributed by atoms with van der Waals surface area (Å²) >= 11 is 0. The van der Waals surface area contributed by atoms with Crippen LogP contribution in [0.3, 0.4) is 0 Å². The number of aromatic nitrogens is 4. The molecule has 0 amide bonds. The number of nitrogens with two attached hydrogens (primary N) is 1. The average Bonchev–Trinajstić information content (AvgIpc) is 3.04. The Kier molecular flexibility index (Phi) is 4.75. The van der Waals surface area contributed by atoms with Crippen molar-refractivity contribution in [1.29, 1.82) is 0 Å². The molecular weight excluding hydrogens is 435 g/mol. The second-order valence-corrected chi connectivity index (χ2v) is 9.69. The topological polar surface area (TPSA) is 119 Å². The lowest BCUT2D eigenvalue weighted by Gasteiger charge is -2.46. The third-order valence-electron chi connectivity index (χ3n) is 5.06. The molecule has 1 aromatic carbocycles. The molecule has 0 radical (unpaired) electrons. The molecule has 13 heteroatoms. The fourth-order valence-electron chi connectivity index (χ4n) is 3.84. The van der Waals surface area contributed by atoms with E-state index in [9.17, 15) is 21.6 Å². The number of aryl methyl sites for hydroxylation is 1. The minimum Gasteiger partial charge on any atom is -0.380 e. The summed E-state index contributed by atoms with van der Waals surface area (Å²) in [7, 11) is -1.99. The fraction of sp³-hybridized carbons (Fsp3) is 0.389. The predicted octanol–water partition coefficient (Wildman–Crippen LogP) is 1.68. The van der Waals surface area contributed by atoms with E-state index in [1.54, 1.807) is 13.0 Å². The van der Waals surface area contributed by atoms with Crippen molar-refractivity contribution in [2.75, 3.05) is 25.9 Å². The van der Waals surface area contributed by atoms with E-state index in [0.29, 0.717) is 24.2 Å². The molecule has 0 aliphatic carbocycles. The average molecular weight is 455 g/mol. The Balaban J connectivity index is 1.81. The van der Waals surface area contributed by atoms with Gasteiger partial charge in [-0.25, -0.2) is 27.6 Å². The van der Waals surface area contributed by atoms with Crippen LogP contribution < -0.4 is 10.5 Å². The van der Waals surface area contributed by atoms with Gasteiger partial charge in [-0.05, 0) is 38.6 Å². The van der Waals surface area contributed by atoms with Gasteiger partial charge in [0.1, 0.15) is 0 Å². The lowest BCUT2D eigenvalue weighted by atomic mass is 9.95. The molecule has 3 N–H and O–H groups in total. The summed E-state index contributed by atoms with van der Waals surface area (Å²) in [4.78, 5) is 9.24. The van der Waals surface area contributed by atoms with E-state index in [-0.39, 0.29) is 16.2 Å². The summed E-state index contributed by atoms with van der Waals surface area (Å²) in [5, 5.41) is 3.53. The Morgan fingerprint density at radius 2 is 1.94 bits per heavy atom. The highest BCUT2D eigenvalue weighted by molar-refractivity contribution is 7.89. The number of likely N-dealkylation sites (N-methyl/N-ethyl adjacent to an activating group) is 1. The molecule has 31 heavy (non-hydrogen) atoms. The predicted molar refractivity (Wildman–Crippen MR) is 107 cm³/mol. The summed E-state index contributed by atoms with van der Waals surface area (Å²) < 4.78 is 69.0. The van der Waals surface area contributed by atoms with Crippen LogP contribution in [0.15, 0.2) is 29.3 Å². The number of likely N-dealkylation sites (tertiary alicyclic amines) is 1. The lowest BCUT2D eigenvalue weighted by Crippen LogP contribution is -2.67. The van der Waals surface area contributed by atoms with E-state index in [4.69, 9.17) is 5.73 Å². The van der Waals surface area contributed by atoms with Crippen molar-refractivity contribution in [3.05, 3.63) is 35.8 Å². The van der Waals surface area contributed by atoms with Gasteiger partial charge in [-0.2, -0.15) is 13.2 Å². The van der Waals surface area contributed by atoms with Crippen molar-refractivity contribution in [1.82, 2.24) is 29.2 Å². The first-order valence-corrected chi connectivity index (χ1v) is 10.7. The molecule has 1 fully saturated rings. The molecule has 3 aromatic rings. The highest BCUT2D eigenvalue weighted by Gasteiger charge is 2.40. The highest BCUT2D eigenvalue weighted by atomic mass is 32.2. The normalized spacial score (nSPS) is 17.1. The van der Waals surface area contributed by atoms with E-state index in [2.05, 4.69) is 19.8 Å². The minimum atomic E-state index is -4.81. The number of fused-ring (bicyclic) bond motifs is 1. The van der Waals surface area contributed by atoms with Crippen LogP contribution in [0.5, 0.6) is 0 Å². The van der Waals surface area contributed by atoms with Gasteiger partial charge < -0.3 is 10.6 Å². The van der Waals surface area contributed by atoms with Gasteiger partial charge >= 0.3 is 6.18 Å². The highest BCUT2D eigenvalue weighted by Crippen LogP contribution is 2.31. The second-order valence-electron chi connectivity index (χ2n) is 8.01. The van der Waals surface area contributed by atoms with Crippen molar-refractivity contribution in [2.45, 2.75) is 30.5 Å². The number of hydrogen-bond acceptors (Lipinski definition) is 7. The van der Waals surface area contributed by atoms with E-state index >= 15 is 0 Å². The molecule has 4 rings (SSSR count). The maximum Gasteiger partial charge on any atom is 0.453 e. The van der Waals surface area contributed by atoms with Crippen molar-refractivity contribution >= 4 is 21.5 Å². The maximum absolute atomic E-state index is 13.2. The van der Waals surface area contributed by atoms with Crippen molar-refractivity contribution in [3.8, 4) is 11.3 Å². The first-order chi connectivity index (χ1) is 14.3. The fourth-order valence-corrected chi connectivity index (χ4v) is 5.26. The van der Waals surface area contributed by atoms with E-state index in [1.807, 2.05) is 18.9 Å². The maximum atomic E-state index is 13.2. The molecule has 0 saturated carbocycles. The number of nitrogen functional groups attached to an aromatic ring is 1. The standard InChI is InChI=1S/C18H20F3N7O2S/c1-10-4-5-11(31(29,30)26-17(2)8-27(3)9-17)6-12(10)13-7-23-15-14(22)24-16(18(19,20)21)25-28(13)15/h4-7,26H,8-9H2,1-3H3,(H2,22,24,25). The number of nitrogens with zero attached hydrogens (tertiary/aromatic N) is 5. The molecule has 0 unspecified atom stereocenters. The molecule has 1 aliphatic rings. The Morgan fingerprint density at radius 1 is 1.26 bits per heavy atom. The largest absolute Gasteiger partial charge is 0.453 e. The zero-order chi connectivity index (χ0) is 22.8. The third kappa shape index (κ3) is 3.83. The summed E-state index contributed by atoms with van der Waals surface area (Å²) in [5.74, 6) is -1.85. The van der Waals surface area contributed by atoms with Crippen LogP contribution in [0, 0.1) is 6.92 Å². The molecule has 2 aromatic heterocycles. The number of hydrogen-bond donors (Lipinski definition) is 2. The zero-order valence-electron chi connectivity index (χ0n) is 16.9. The Morgan fingerprint density at radius 3 is 2.55 bits per heavy atom. The first kappa shape index (κ1) is 21.5. The molecule has 1 saturated heterocycles. The van der Waals surface area contributed by atoms with Crippen molar-refractivity contribution in [2.24, 2.45) is 0 Å². The van der Waals surface area contributed by atoms with E-state index in [0.717, 1.165) is 4.52 Å². The van der Waals surface area contributed by atoms with Crippen LogP contribution in [0.25, 0.3) is 16.9 Å². The van der Waals surface area contributed by atoms with Crippen LogP contribution in [0.2, 0.25) is 0 Å². The Bertz CT molecular complexity index is 1280. The van der Waals surface area contributed by atoms with Gasteiger partial charge in [-0.15, -0.1) is 5.10 Å². The van der Waals surface area contributed by atoms with Crippen LogP contribution in [0.1, 0.15) is 18.3 Å². The molecule has 0 atom stereocenters. The zero-order valence-corrected chi connectivity index (χ0v) is 17.7. The third-order valence-corrected chi connectivity index (χ3v) is 6.69. The van der Waals surface area contributed by atoms with Gasteiger partial charge in [0.2, 0.25) is 10.0 Å². The quantitative estimate of drug-likeness (QED) is 0.615. The van der Waals surface area contributed by atoms with Gasteiger partial charge in [0.25, 0.3) is 5.82 Å². The molecular formula is C18H20F3N7O2S. The molecule has 166 valence electrons. The summed E-state index contributed by atoms with van der Waals surface area (Å²) in [6.45, 7) is 4.64. The van der Waals surface area contributed by atoms with E-state index in [1.165, 1.54) is 18.3 Å². The summed E-state index contributed by atoms with van der Waals surface area (Å²) in [6.07, 6.45) is -3.52.